The molecule has 1 aromatic rings. The van der Waals surface area contributed by atoms with Gasteiger partial charge in [-0.1, -0.05) is 30.4 Å². The molecule has 0 aliphatic carbocycles. The Balaban J connectivity index is 2.79. The maximum absolute atomic E-state index is 10.5. The van der Waals surface area contributed by atoms with Crippen LogP contribution in [0.25, 0.3) is 6.08 Å². The second kappa shape index (κ2) is 5.07. The van der Waals surface area contributed by atoms with Crippen LogP contribution in [0, 0.1) is 0 Å². The van der Waals surface area contributed by atoms with Gasteiger partial charge in [0.15, 0.2) is 5.75 Å². The normalized spacial score (nSPS) is 10.1. The zero-order chi connectivity index (χ0) is 10.4. The summed E-state index contributed by atoms with van der Waals surface area (Å²) in [5.74, 6) is 0.0566. The van der Waals surface area contributed by atoms with Gasteiger partial charge in [-0.05, 0) is 13.0 Å². The van der Waals surface area contributed by atoms with Crippen LogP contribution in [0.5, 0.6) is 5.75 Å². The molecule has 1 aromatic carbocycles. The molecule has 0 saturated heterocycles. The fourth-order valence-corrected chi connectivity index (χ4v) is 0.977. The van der Waals surface area contributed by atoms with Gasteiger partial charge >= 0.3 is 5.97 Å². The highest BCUT2D eigenvalue weighted by atomic mass is 17.2. The molecule has 0 saturated carbocycles. The summed E-state index contributed by atoms with van der Waals surface area (Å²) < 4.78 is 0. The number of carbonyl (C=O) groups excluding carboxylic acids is 1. The Morgan fingerprint density at radius 2 is 2.07 bits per heavy atom. The van der Waals surface area contributed by atoms with Crippen LogP contribution >= 0.6 is 0 Å². The lowest BCUT2D eigenvalue weighted by atomic mass is 10.2. The summed E-state index contributed by atoms with van der Waals surface area (Å²) in [6.45, 7) is 3.20. The molecule has 0 atom stereocenters. The summed E-state index contributed by atoms with van der Waals surface area (Å²) in [5.41, 5.74) is 0.872. The smallest absolute Gasteiger partial charge is 0.286 e. The van der Waals surface area contributed by atoms with Crippen molar-refractivity contribution in [1.29, 1.82) is 0 Å². The fraction of sp³-hybridized carbons (Fsp3) is 0.182. The van der Waals surface area contributed by atoms with Crippen molar-refractivity contribution < 1.29 is 14.6 Å². The van der Waals surface area contributed by atoms with Gasteiger partial charge in [0.05, 0.1) is 0 Å². The number of allylic oxidation sites excluding steroid dienone is 1. The van der Waals surface area contributed by atoms with E-state index in [1.807, 2.05) is 37.3 Å². The predicted octanol–water partition coefficient (Wildman–Crippen LogP) is 2.58. The van der Waals surface area contributed by atoms with Gasteiger partial charge in [0, 0.05) is 12.5 Å². The second-order valence-corrected chi connectivity index (χ2v) is 2.70. The van der Waals surface area contributed by atoms with Crippen molar-refractivity contribution in [3.63, 3.8) is 0 Å². The second-order valence-electron chi connectivity index (χ2n) is 2.70. The summed E-state index contributed by atoms with van der Waals surface area (Å²) in [4.78, 5) is 19.8. The van der Waals surface area contributed by atoms with Gasteiger partial charge in [0.25, 0.3) is 0 Å². The molecule has 0 aromatic heterocycles. The number of benzene rings is 1. The first-order valence-electron chi connectivity index (χ1n) is 4.31. The number of para-hydroxylation sites is 1. The standard InChI is InChI=1S/C11H12O3/c1-3-6-10-7-4-5-8-11(10)14-13-9(2)12/h3-8H,1-2H3. The zero-order valence-corrected chi connectivity index (χ0v) is 8.19. The summed E-state index contributed by atoms with van der Waals surface area (Å²) in [7, 11) is 0. The summed E-state index contributed by atoms with van der Waals surface area (Å²) in [6.07, 6.45) is 3.76. The first kappa shape index (κ1) is 10.3. The van der Waals surface area contributed by atoms with E-state index in [1.54, 1.807) is 6.07 Å². The molecule has 0 amide bonds. The quantitative estimate of drug-likeness (QED) is 0.545. The maximum Gasteiger partial charge on any atom is 0.352 e. The van der Waals surface area contributed by atoms with Crippen molar-refractivity contribution in [2.24, 2.45) is 0 Å². The lowest BCUT2D eigenvalue weighted by Gasteiger charge is -2.04. The number of hydrogen-bond donors (Lipinski definition) is 0. The van der Waals surface area contributed by atoms with Crippen LogP contribution in [0.1, 0.15) is 19.4 Å². The molecular formula is C11H12O3. The Hall–Kier alpha value is -1.77. The topological polar surface area (TPSA) is 35.5 Å². The van der Waals surface area contributed by atoms with Gasteiger partial charge in [-0.2, -0.15) is 0 Å². The van der Waals surface area contributed by atoms with E-state index in [4.69, 9.17) is 4.89 Å². The van der Waals surface area contributed by atoms with E-state index < -0.39 is 5.97 Å². The average Bonchev–Trinajstić information content (AvgIpc) is 2.17. The van der Waals surface area contributed by atoms with Gasteiger partial charge in [-0.15, -0.1) is 0 Å². The van der Waals surface area contributed by atoms with Gasteiger partial charge < -0.3 is 0 Å². The van der Waals surface area contributed by atoms with E-state index in [1.165, 1.54) is 6.92 Å². The van der Waals surface area contributed by atoms with E-state index in [0.717, 1.165) is 5.56 Å². The van der Waals surface area contributed by atoms with Crippen LogP contribution in [0.4, 0.5) is 0 Å². The molecular weight excluding hydrogens is 180 g/mol. The molecule has 0 radical (unpaired) electrons. The van der Waals surface area contributed by atoms with Crippen LogP contribution in [0.15, 0.2) is 30.3 Å². The molecule has 0 heterocycles. The van der Waals surface area contributed by atoms with Crippen LogP contribution in [0.3, 0.4) is 0 Å². The van der Waals surface area contributed by atoms with Crippen LogP contribution < -0.4 is 4.89 Å². The van der Waals surface area contributed by atoms with E-state index in [9.17, 15) is 4.79 Å². The minimum absolute atomic E-state index is 0.472. The molecule has 0 N–H and O–H groups in total. The lowest BCUT2D eigenvalue weighted by Crippen LogP contribution is -2.03. The number of rotatable bonds is 3. The first-order valence-corrected chi connectivity index (χ1v) is 4.31. The predicted molar refractivity (Wildman–Crippen MR) is 53.5 cm³/mol. The Morgan fingerprint density at radius 3 is 2.71 bits per heavy atom. The summed E-state index contributed by atoms with van der Waals surface area (Å²) in [5, 5.41) is 0. The first-order chi connectivity index (χ1) is 6.74. The highest BCUT2D eigenvalue weighted by Gasteiger charge is 2.01. The fourth-order valence-electron chi connectivity index (χ4n) is 0.977. The minimum atomic E-state index is -0.472. The molecule has 0 unspecified atom stereocenters. The molecule has 0 aliphatic heterocycles. The molecule has 1 rings (SSSR count). The lowest BCUT2D eigenvalue weighted by molar-refractivity contribution is -0.210. The minimum Gasteiger partial charge on any atom is -0.286 e. The SMILES string of the molecule is CC=Cc1ccccc1OOC(C)=O. The van der Waals surface area contributed by atoms with Crippen LogP contribution in [-0.4, -0.2) is 5.97 Å². The van der Waals surface area contributed by atoms with E-state index in [2.05, 4.69) is 4.89 Å². The third-order valence-corrected chi connectivity index (χ3v) is 1.51. The average molecular weight is 192 g/mol. The summed E-state index contributed by atoms with van der Waals surface area (Å²) in [6, 6.07) is 7.30. The Bertz CT molecular complexity index is 342. The molecule has 0 bridgehead atoms. The monoisotopic (exact) mass is 192 g/mol. The van der Waals surface area contributed by atoms with Crippen molar-refractivity contribution in [3.8, 4) is 5.75 Å². The maximum atomic E-state index is 10.5. The molecule has 0 spiro atoms. The van der Waals surface area contributed by atoms with Crippen molar-refractivity contribution in [2.45, 2.75) is 13.8 Å². The Labute approximate surface area is 82.9 Å². The van der Waals surface area contributed by atoms with Crippen LogP contribution in [-0.2, 0) is 9.68 Å². The molecule has 0 fully saturated rings. The molecule has 14 heavy (non-hydrogen) atoms. The molecule has 0 aliphatic rings. The third-order valence-electron chi connectivity index (χ3n) is 1.51. The van der Waals surface area contributed by atoms with E-state index >= 15 is 0 Å². The molecule has 74 valence electrons. The van der Waals surface area contributed by atoms with E-state index in [-0.39, 0.29) is 0 Å². The van der Waals surface area contributed by atoms with Gasteiger partial charge in [0.2, 0.25) is 0 Å². The highest BCUT2D eigenvalue weighted by Crippen LogP contribution is 2.19. The summed E-state index contributed by atoms with van der Waals surface area (Å²) >= 11 is 0. The number of carbonyl (C=O) groups is 1. The van der Waals surface area contributed by atoms with Crippen molar-refractivity contribution in [2.75, 3.05) is 0 Å². The van der Waals surface area contributed by atoms with Crippen molar-refractivity contribution in [3.05, 3.63) is 35.9 Å². The largest absolute Gasteiger partial charge is 0.352 e. The van der Waals surface area contributed by atoms with Gasteiger partial charge in [-0.25, -0.2) is 4.79 Å². The van der Waals surface area contributed by atoms with Gasteiger partial charge in [-0.3, -0.25) is 9.78 Å². The van der Waals surface area contributed by atoms with Crippen molar-refractivity contribution >= 4 is 12.0 Å². The van der Waals surface area contributed by atoms with E-state index in [0.29, 0.717) is 5.75 Å². The molecule has 3 heteroatoms. The van der Waals surface area contributed by atoms with Crippen molar-refractivity contribution in [1.82, 2.24) is 0 Å². The Morgan fingerprint density at radius 1 is 1.36 bits per heavy atom. The zero-order valence-electron chi connectivity index (χ0n) is 8.19. The van der Waals surface area contributed by atoms with Gasteiger partial charge in [0.1, 0.15) is 0 Å². The van der Waals surface area contributed by atoms with Crippen LogP contribution in [0.2, 0.25) is 0 Å². The number of hydrogen-bond acceptors (Lipinski definition) is 3. The third kappa shape index (κ3) is 2.94. The molecule has 3 nitrogen and oxygen atoms in total. The highest BCUT2D eigenvalue weighted by molar-refractivity contribution is 5.65. The Kier molecular flexibility index (Phi) is 3.73.